The minimum absolute atomic E-state index is 1.07. The van der Waals surface area contributed by atoms with E-state index in [0.717, 1.165) is 6.42 Å². The van der Waals surface area contributed by atoms with Crippen LogP contribution < -0.4 is 0 Å². The Hall–Kier alpha value is -0.195. The van der Waals surface area contributed by atoms with Gasteiger partial charge in [0.1, 0.15) is 7.85 Å². The van der Waals surface area contributed by atoms with E-state index in [2.05, 4.69) is 6.92 Å². The number of allylic oxidation sites excluding steroid dienone is 1. The average molecular weight is 79.9 g/mol. The Bertz CT molecular complexity index is 55.0. The third kappa shape index (κ3) is 2.07. The molecule has 0 aromatic rings. The number of hydrogen-bond acceptors (Lipinski definition) is 0. The van der Waals surface area contributed by atoms with Gasteiger partial charge in [0.15, 0.2) is 0 Å². The van der Waals surface area contributed by atoms with Gasteiger partial charge in [-0.25, -0.2) is 0 Å². The van der Waals surface area contributed by atoms with Crippen LogP contribution in [-0.2, 0) is 0 Å². The standard InChI is InChI=1S/C5H9B/c1-3-5(2)4-6/h4H,3H2,1-2H3/b5-4-. The Morgan fingerprint density at radius 2 is 2.33 bits per heavy atom. The normalized spacial score (nSPS) is 12.0. The molecule has 0 atom stereocenters. The maximum Gasteiger partial charge on any atom is 0.102 e. The van der Waals surface area contributed by atoms with Crippen LogP contribution in [0, 0.1) is 0 Å². The lowest BCUT2D eigenvalue weighted by molar-refractivity contribution is 1.11. The van der Waals surface area contributed by atoms with Gasteiger partial charge in [0, 0.05) is 0 Å². The highest BCUT2D eigenvalue weighted by molar-refractivity contribution is 6.17. The van der Waals surface area contributed by atoms with Gasteiger partial charge < -0.3 is 0 Å². The molecule has 0 aliphatic rings. The molecular formula is C5H9B. The van der Waals surface area contributed by atoms with Gasteiger partial charge in [-0.2, -0.15) is 0 Å². The third-order valence-electron chi connectivity index (χ3n) is 0.842. The Kier molecular flexibility index (Phi) is 2.92. The first kappa shape index (κ1) is 5.80. The van der Waals surface area contributed by atoms with Crippen LogP contribution in [-0.4, -0.2) is 7.85 Å². The molecule has 0 bridgehead atoms. The maximum absolute atomic E-state index is 5.12. The first-order valence-electron chi connectivity index (χ1n) is 2.18. The third-order valence-corrected chi connectivity index (χ3v) is 0.842. The van der Waals surface area contributed by atoms with Crippen molar-refractivity contribution >= 4 is 7.85 Å². The van der Waals surface area contributed by atoms with Gasteiger partial charge >= 0.3 is 0 Å². The fourth-order valence-electron chi connectivity index (χ4n) is 0.118. The predicted octanol–water partition coefficient (Wildman–Crippen LogP) is 1.47. The molecule has 0 aromatic heterocycles. The van der Waals surface area contributed by atoms with Gasteiger partial charge in [-0.15, -0.1) is 5.98 Å². The van der Waals surface area contributed by atoms with Crippen molar-refractivity contribution in [3.05, 3.63) is 11.5 Å². The lowest BCUT2D eigenvalue weighted by Crippen LogP contribution is -1.67. The van der Waals surface area contributed by atoms with Crippen molar-refractivity contribution in [1.82, 2.24) is 0 Å². The van der Waals surface area contributed by atoms with E-state index in [1.165, 1.54) is 5.57 Å². The van der Waals surface area contributed by atoms with Gasteiger partial charge in [-0.3, -0.25) is 0 Å². The van der Waals surface area contributed by atoms with Crippen molar-refractivity contribution in [2.24, 2.45) is 0 Å². The van der Waals surface area contributed by atoms with Crippen molar-refractivity contribution in [3.63, 3.8) is 0 Å². The maximum atomic E-state index is 5.12. The van der Waals surface area contributed by atoms with Crippen LogP contribution in [0.15, 0.2) is 11.5 Å². The Morgan fingerprint density at radius 3 is 2.33 bits per heavy atom. The molecule has 0 spiro atoms. The molecule has 0 aliphatic heterocycles. The van der Waals surface area contributed by atoms with Crippen molar-refractivity contribution in [2.45, 2.75) is 20.3 Å². The van der Waals surface area contributed by atoms with Gasteiger partial charge in [0.2, 0.25) is 0 Å². The monoisotopic (exact) mass is 80.1 g/mol. The molecule has 0 amide bonds. The fraction of sp³-hybridized carbons (Fsp3) is 0.600. The molecule has 32 valence electrons. The highest BCUT2D eigenvalue weighted by Crippen LogP contribution is 1.92. The molecule has 6 heavy (non-hydrogen) atoms. The van der Waals surface area contributed by atoms with E-state index in [1.807, 2.05) is 6.92 Å². The number of hydrogen-bond donors (Lipinski definition) is 0. The summed E-state index contributed by atoms with van der Waals surface area (Å²) in [4.78, 5) is 0. The fourth-order valence-corrected chi connectivity index (χ4v) is 0.118. The summed E-state index contributed by atoms with van der Waals surface area (Å²) in [5.74, 6) is 1.64. The second kappa shape index (κ2) is 3.01. The topological polar surface area (TPSA) is 0 Å². The van der Waals surface area contributed by atoms with Crippen LogP contribution in [0.4, 0.5) is 0 Å². The molecule has 0 heterocycles. The zero-order valence-electron chi connectivity index (χ0n) is 4.36. The molecule has 1 heteroatoms. The van der Waals surface area contributed by atoms with Crippen molar-refractivity contribution < 1.29 is 0 Å². The molecule has 2 radical (unpaired) electrons. The SMILES string of the molecule is [B]/C=C(/C)CC. The largest absolute Gasteiger partial charge is 0.133 e. The van der Waals surface area contributed by atoms with Gasteiger partial charge in [0.25, 0.3) is 0 Å². The van der Waals surface area contributed by atoms with Crippen LogP contribution in [0.1, 0.15) is 20.3 Å². The minimum atomic E-state index is 1.07. The summed E-state index contributed by atoms with van der Waals surface area (Å²) in [6.07, 6.45) is 1.07. The van der Waals surface area contributed by atoms with E-state index >= 15 is 0 Å². The van der Waals surface area contributed by atoms with Gasteiger partial charge in [-0.1, -0.05) is 12.5 Å². The molecular weight excluding hydrogens is 70.9 g/mol. The number of rotatable bonds is 1. The predicted molar refractivity (Wildman–Crippen MR) is 29.8 cm³/mol. The highest BCUT2D eigenvalue weighted by atomic mass is 13.8. The Morgan fingerprint density at radius 1 is 1.83 bits per heavy atom. The summed E-state index contributed by atoms with van der Waals surface area (Å²) in [5, 5.41) is 0. The first-order chi connectivity index (χ1) is 2.81. The van der Waals surface area contributed by atoms with E-state index in [1.54, 1.807) is 5.98 Å². The first-order valence-corrected chi connectivity index (χ1v) is 2.18. The summed E-state index contributed by atoms with van der Waals surface area (Å²) >= 11 is 0. The molecule has 0 aliphatic carbocycles. The van der Waals surface area contributed by atoms with E-state index in [0.29, 0.717) is 0 Å². The average Bonchev–Trinajstić information content (AvgIpc) is 1.65. The summed E-state index contributed by atoms with van der Waals surface area (Å²) in [6.45, 7) is 4.10. The second-order valence-corrected chi connectivity index (χ2v) is 1.37. The van der Waals surface area contributed by atoms with Crippen molar-refractivity contribution in [2.75, 3.05) is 0 Å². The molecule has 0 rings (SSSR count). The molecule has 0 N–H and O–H groups in total. The van der Waals surface area contributed by atoms with Crippen molar-refractivity contribution in [1.29, 1.82) is 0 Å². The van der Waals surface area contributed by atoms with E-state index in [9.17, 15) is 0 Å². The van der Waals surface area contributed by atoms with E-state index < -0.39 is 0 Å². The molecule has 0 fully saturated rings. The van der Waals surface area contributed by atoms with Gasteiger partial charge in [-0.05, 0) is 13.3 Å². The van der Waals surface area contributed by atoms with Gasteiger partial charge in [0.05, 0.1) is 0 Å². The summed E-state index contributed by atoms with van der Waals surface area (Å²) in [7, 11) is 5.12. The van der Waals surface area contributed by atoms with Crippen LogP contribution >= 0.6 is 0 Å². The van der Waals surface area contributed by atoms with Crippen LogP contribution in [0.5, 0.6) is 0 Å². The van der Waals surface area contributed by atoms with E-state index in [4.69, 9.17) is 7.85 Å². The zero-order valence-corrected chi connectivity index (χ0v) is 4.36. The Balaban J connectivity index is 3.22. The molecule has 0 aromatic carbocycles. The quantitative estimate of drug-likeness (QED) is 0.418. The van der Waals surface area contributed by atoms with E-state index in [-0.39, 0.29) is 0 Å². The smallest absolute Gasteiger partial charge is 0.102 e. The lowest BCUT2D eigenvalue weighted by Gasteiger charge is -1.85. The molecule has 0 nitrogen and oxygen atoms in total. The molecule has 0 saturated carbocycles. The minimum Gasteiger partial charge on any atom is -0.133 e. The van der Waals surface area contributed by atoms with Crippen LogP contribution in [0.25, 0.3) is 0 Å². The van der Waals surface area contributed by atoms with Crippen LogP contribution in [0.3, 0.4) is 0 Å². The molecule has 0 saturated heterocycles. The Labute approximate surface area is 40.7 Å². The molecule has 0 unspecified atom stereocenters. The highest BCUT2D eigenvalue weighted by Gasteiger charge is 1.72. The zero-order chi connectivity index (χ0) is 4.99. The summed E-state index contributed by atoms with van der Waals surface area (Å²) in [5.41, 5.74) is 1.25. The van der Waals surface area contributed by atoms with Crippen molar-refractivity contribution in [3.8, 4) is 0 Å². The van der Waals surface area contributed by atoms with Crippen LogP contribution in [0.2, 0.25) is 0 Å². The summed E-state index contributed by atoms with van der Waals surface area (Å²) in [6, 6.07) is 0. The lowest BCUT2D eigenvalue weighted by atomic mass is 10.0. The second-order valence-electron chi connectivity index (χ2n) is 1.37. The summed E-state index contributed by atoms with van der Waals surface area (Å²) < 4.78 is 0.